The van der Waals surface area contributed by atoms with Gasteiger partial charge in [0, 0.05) is 30.7 Å². The predicted octanol–water partition coefficient (Wildman–Crippen LogP) is 3.69. The van der Waals surface area contributed by atoms with Crippen LogP contribution in [0.15, 0.2) is 60.7 Å². The highest BCUT2D eigenvalue weighted by atomic mass is 35.5. The summed E-state index contributed by atoms with van der Waals surface area (Å²) in [5, 5.41) is 11.7. The molecule has 0 saturated carbocycles. The van der Waals surface area contributed by atoms with Crippen molar-refractivity contribution in [3.05, 3.63) is 60.7 Å². The predicted molar refractivity (Wildman–Crippen MR) is 107 cm³/mol. The first-order chi connectivity index (χ1) is 13.1. The van der Waals surface area contributed by atoms with Gasteiger partial charge in [0.15, 0.2) is 16.1 Å². The van der Waals surface area contributed by atoms with E-state index in [1.54, 1.807) is 43.7 Å². The molecule has 1 atom stereocenters. The summed E-state index contributed by atoms with van der Waals surface area (Å²) >= 11 is 7.30. The smallest absolute Gasteiger partial charge is 0.237 e. The standard InChI is InChI=1S/C18H17ClN6OS/c1-3-10-25-16(13-6-4-8-20-11-13)23-24-18(25)27-12(2)17(26)22-14-7-5-9-21-15(14)19/h3-9,11-12H,1,10H2,2H3,(H,22,26)/t12-/m0/s1. The number of pyridine rings is 2. The average molecular weight is 401 g/mol. The molecule has 1 amide bonds. The number of halogens is 1. The van der Waals surface area contributed by atoms with Crippen molar-refractivity contribution < 1.29 is 4.79 Å². The SMILES string of the molecule is C=CCn1c(S[C@@H](C)C(=O)Nc2cccnc2Cl)nnc1-c1cccnc1. The normalized spacial score (nSPS) is 11.8. The van der Waals surface area contributed by atoms with Gasteiger partial charge in [-0.2, -0.15) is 0 Å². The van der Waals surface area contributed by atoms with Crippen LogP contribution >= 0.6 is 23.4 Å². The van der Waals surface area contributed by atoms with Gasteiger partial charge in [-0.05, 0) is 31.2 Å². The summed E-state index contributed by atoms with van der Waals surface area (Å²) in [6.45, 7) is 6.10. The van der Waals surface area contributed by atoms with Crippen molar-refractivity contribution in [1.29, 1.82) is 0 Å². The zero-order valence-electron chi connectivity index (χ0n) is 14.5. The fourth-order valence-electron chi connectivity index (χ4n) is 2.30. The van der Waals surface area contributed by atoms with E-state index >= 15 is 0 Å². The molecule has 7 nitrogen and oxygen atoms in total. The van der Waals surface area contributed by atoms with Crippen LogP contribution in [0.3, 0.4) is 0 Å². The van der Waals surface area contributed by atoms with E-state index in [-0.39, 0.29) is 11.1 Å². The molecular formula is C18H17ClN6OS. The van der Waals surface area contributed by atoms with E-state index in [0.717, 1.165) is 5.56 Å². The van der Waals surface area contributed by atoms with Crippen LogP contribution in [0.1, 0.15) is 6.92 Å². The zero-order chi connectivity index (χ0) is 19.2. The average Bonchev–Trinajstić information content (AvgIpc) is 3.07. The molecule has 1 N–H and O–H groups in total. The maximum atomic E-state index is 12.5. The third-order valence-corrected chi connectivity index (χ3v) is 5.00. The number of thioether (sulfide) groups is 1. The summed E-state index contributed by atoms with van der Waals surface area (Å²) in [4.78, 5) is 20.6. The van der Waals surface area contributed by atoms with Crippen molar-refractivity contribution in [2.45, 2.75) is 23.9 Å². The molecule has 0 saturated heterocycles. The maximum absolute atomic E-state index is 12.5. The molecule has 0 aliphatic carbocycles. The van der Waals surface area contributed by atoms with E-state index in [2.05, 4.69) is 32.1 Å². The molecule has 0 aliphatic rings. The van der Waals surface area contributed by atoms with Crippen LogP contribution in [0.5, 0.6) is 0 Å². The number of amides is 1. The van der Waals surface area contributed by atoms with Gasteiger partial charge >= 0.3 is 0 Å². The molecule has 0 spiro atoms. The van der Waals surface area contributed by atoms with Crippen LogP contribution in [0.4, 0.5) is 5.69 Å². The minimum atomic E-state index is -0.421. The molecule has 138 valence electrons. The number of carbonyl (C=O) groups is 1. The molecule has 3 aromatic heterocycles. The summed E-state index contributed by atoms with van der Waals surface area (Å²) in [5.41, 5.74) is 1.32. The van der Waals surface area contributed by atoms with E-state index in [1.807, 2.05) is 16.7 Å². The van der Waals surface area contributed by atoms with Crippen molar-refractivity contribution in [3.8, 4) is 11.4 Å². The molecule has 0 radical (unpaired) electrons. The number of anilines is 1. The van der Waals surface area contributed by atoms with Gasteiger partial charge in [-0.3, -0.25) is 14.3 Å². The number of aromatic nitrogens is 5. The molecule has 0 aromatic carbocycles. The van der Waals surface area contributed by atoms with Gasteiger partial charge in [-0.25, -0.2) is 4.98 Å². The van der Waals surface area contributed by atoms with Crippen LogP contribution in [0.2, 0.25) is 5.15 Å². The van der Waals surface area contributed by atoms with Crippen molar-refractivity contribution in [3.63, 3.8) is 0 Å². The summed E-state index contributed by atoms with van der Waals surface area (Å²) in [6.07, 6.45) is 6.74. The molecule has 0 aliphatic heterocycles. The lowest BCUT2D eigenvalue weighted by Crippen LogP contribution is -2.23. The van der Waals surface area contributed by atoms with E-state index in [1.165, 1.54) is 11.8 Å². The van der Waals surface area contributed by atoms with Gasteiger partial charge < -0.3 is 5.32 Å². The van der Waals surface area contributed by atoms with Gasteiger partial charge in [-0.1, -0.05) is 29.4 Å². The number of carbonyl (C=O) groups excluding carboxylic acids is 1. The third kappa shape index (κ3) is 4.53. The second-order valence-electron chi connectivity index (χ2n) is 5.54. The number of hydrogen-bond donors (Lipinski definition) is 1. The first-order valence-electron chi connectivity index (χ1n) is 8.12. The van der Waals surface area contributed by atoms with E-state index in [4.69, 9.17) is 11.6 Å². The van der Waals surface area contributed by atoms with Crippen LogP contribution in [-0.4, -0.2) is 35.9 Å². The lowest BCUT2D eigenvalue weighted by Gasteiger charge is -2.13. The van der Waals surface area contributed by atoms with Crippen LogP contribution in [0.25, 0.3) is 11.4 Å². The second kappa shape index (κ2) is 8.79. The zero-order valence-corrected chi connectivity index (χ0v) is 16.1. The van der Waals surface area contributed by atoms with Crippen molar-refractivity contribution in [2.75, 3.05) is 5.32 Å². The van der Waals surface area contributed by atoms with Gasteiger partial charge in [0.2, 0.25) is 5.91 Å². The molecule has 0 bridgehead atoms. The first-order valence-corrected chi connectivity index (χ1v) is 9.38. The molecule has 0 unspecified atom stereocenters. The highest BCUT2D eigenvalue weighted by Gasteiger charge is 2.21. The number of nitrogens with one attached hydrogen (secondary N) is 1. The minimum Gasteiger partial charge on any atom is -0.322 e. The number of nitrogens with zero attached hydrogens (tertiary/aromatic N) is 5. The van der Waals surface area contributed by atoms with Gasteiger partial charge in [0.25, 0.3) is 0 Å². The van der Waals surface area contributed by atoms with Crippen molar-refractivity contribution >= 4 is 35.0 Å². The quantitative estimate of drug-likeness (QED) is 0.370. The van der Waals surface area contributed by atoms with Crippen LogP contribution in [-0.2, 0) is 11.3 Å². The fourth-order valence-corrected chi connectivity index (χ4v) is 3.33. The molecule has 27 heavy (non-hydrogen) atoms. The molecule has 9 heteroatoms. The Labute approximate surface area is 165 Å². The fraction of sp³-hybridized carbons (Fsp3) is 0.167. The summed E-state index contributed by atoms with van der Waals surface area (Å²) in [6, 6.07) is 7.15. The second-order valence-corrected chi connectivity index (χ2v) is 7.20. The topological polar surface area (TPSA) is 85.6 Å². The van der Waals surface area contributed by atoms with E-state index in [9.17, 15) is 4.79 Å². The Morgan fingerprint density at radius 3 is 2.89 bits per heavy atom. The molecule has 0 fully saturated rings. The van der Waals surface area contributed by atoms with Crippen LogP contribution in [0, 0.1) is 0 Å². The van der Waals surface area contributed by atoms with Crippen molar-refractivity contribution in [1.82, 2.24) is 24.7 Å². The maximum Gasteiger partial charge on any atom is 0.237 e. The Balaban J connectivity index is 1.78. The molecular weight excluding hydrogens is 384 g/mol. The number of rotatable bonds is 7. The van der Waals surface area contributed by atoms with Gasteiger partial charge in [0.05, 0.1) is 10.9 Å². The monoisotopic (exact) mass is 400 g/mol. The Morgan fingerprint density at radius 1 is 1.37 bits per heavy atom. The lowest BCUT2D eigenvalue weighted by atomic mass is 10.3. The highest BCUT2D eigenvalue weighted by molar-refractivity contribution is 8.00. The largest absolute Gasteiger partial charge is 0.322 e. The summed E-state index contributed by atoms with van der Waals surface area (Å²) in [7, 11) is 0. The van der Waals surface area contributed by atoms with Crippen LogP contribution < -0.4 is 5.32 Å². The number of hydrogen-bond acceptors (Lipinski definition) is 6. The minimum absolute atomic E-state index is 0.203. The summed E-state index contributed by atoms with van der Waals surface area (Å²) in [5.74, 6) is 0.472. The summed E-state index contributed by atoms with van der Waals surface area (Å²) < 4.78 is 1.90. The molecule has 3 aromatic rings. The van der Waals surface area contributed by atoms with Gasteiger partial charge in [0.1, 0.15) is 0 Å². The molecule has 3 heterocycles. The Morgan fingerprint density at radius 2 is 2.19 bits per heavy atom. The highest BCUT2D eigenvalue weighted by Crippen LogP contribution is 2.27. The third-order valence-electron chi connectivity index (χ3n) is 3.62. The lowest BCUT2D eigenvalue weighted by molar-refractivity contribution is -0.115. The van der Waals surface area contributed by atoms with E-state index in [0.29, 0.717) is 23.2 Å². The van der Waals surface area contributed by atoms with Crippen molar-refractivity contribution in [2.24, 2.45) is 0 Å². The Hall–Kier alpha value is -2.71. The van der Waals surface area contributed by atoms with Gasteiger partial charge in [-0.15, -0.1) is 16.8 Å². The van der Waals surface area contributed by atoms with E-state index < -0.39 is 5.25 Å². The first kappa shape index (κ1) is 19.1. The number of allylic oxidation sites excluding steroid dienone is 1. The Kier molecular flexibility index (Phi) is 6.20. The Bertz CT molecular complexity index is 946. The molecule has 3 rings (SSSR count).